The van der Waals surface area contributed by atoms with E-state index < -0.39 is 37.3 Å². The molecule has 0 aromatic heterocycles. The highest BCUT2D eigenvalue weighted by atomic mass is 16.7. The molecule has 4 aliphatic carbocycles. The van der Waals surface area contributed by atoms with Crippen molar-refractivity contribution in [3.63, 3.8) is 0 Å². The molecule has 0 aromatic rings. The average molecular weight is 563 g/mol. The predicted octanol–water partition coefficient (Wildman–Crippen LogP) is 4.39. The fourth-order valence-corrected chi connectivity index (χ4v) is 9.88. The van der Waals surface area contributed by atoms with E-state index in [2.05, 4.69) is 34.6 Å². The molecule has 5 rings (SSSR count). The molecule has 1 aliphatic heterocycles. The van der Waals surface area contributed by atoms with Gasteiger partial charge in [0.15, 0.2) is 12.1 Å². The Morgan fingerprint density at radius 3 is 2.42 bits per heavy atom. The maximum absolute atomic E-state index is 13.9. The van der Waals surface area contributed by atoms with Crippen molar-refractivity contribution in [3.8, 4) is 0 Å². The monoisotopic (exact) mass is 562 g/mol. The summed E-state index contributed by atoms with van der Waals surface area (Å²) in [7, 11) is 0. The Morgan fingerprint density at radius 1 is 0.975 bits per heavy atom. The Morgan fingerprint density at radius 2 is 1.73 bits per heavy atom. The summed E-state index contributed by atoms with van der Waals surface area (Å²) in [6.45, 7) is 11.5. The normalized spacial score (nSPS) is 47.9. The van der Waals surface area contributed by atoms with Crippen LogP contribution in [0.2, 0.25) is 0 Å². The lowest BCUT2D eigenvalue weighted by Gasteiger charge is -2.58. The number of ether oxygens (including phenoxy) is 2. The summed E-state index contributed by atoms with van der Waals surface area (Å²) >= 11 is 0. The van der Waals surface area contributed by atoms with Crippen LogP contribution >= 0.6 is 0 Å². The van der Waals surface area contributed by atoms with Crippen LogP contribution in [-0.2, 0) is 14.3 Å². The average Bonchev–Trinajstić information content (AvgIpc) is 3.26. The molecule has 4 N–H and O–H groups in total. The lowest BCUT2D eigenvalue weighted by molar-refractivity contribution is -0.313. The summed E-state index contributed by atoms with van der Waals surface area (Å²) < 4.78 is 11.7. The zero-order valence-corrected chi connectivity index (χ0v) is 25.3. The van der Waals surface area contributed by atoms with E-state index in [0.717, 1.165) is 30.8 Å². The van der Waals surface area contributed by atoms with E-state index in [1.807, 2.05) is 6.08 Å². The minimum Gasteiger partial charge on any atom is -0.394 e. The van der Waals surface area contributed by atoms with Gasteiger partial charge in [-0.25, -0.2) is 0 Å². The minimum absolute atomic E-state index is 0.0316. The first-order chi connectivity index (χ1) is 18.9. The highest BCUT2D eigenvalue weighted by molar-refractivity contribution is 5.94. The minimum atomic E-state index is -1.45. The molecule has 4 unspecified atom stereocenters. The maximum atomic E-state index is 13.9. The molecule has 1 saturated heterocycles. The van der Waals surface area contributed by atoms with Crippen LogP contribution in [0.25, 0.3) is 0 Å². The van der Waals surface area contributed by atoms with Gasteiger partial charge >= 0.3 is 0 Å². The Hall–Kier alpha value is -0.830. The van der Waals surface area contributed by atoms with E-state index in [1.165, 1.54) is 38.5 Å². The summed E-state index contributed by atoms with van der Waals surface area (Å²) in [5, 5.41) is 40.3. The van der Waals surface area contributed by atoms with Crippen molar-refractivity contribution in [1.29, 1.82) is 0 Å². The zero-order valence-electron chi connectivity index (χ0n) is 25.3. The number of carbonyl (C=O) groups excluding carboxylic acids is 1. The van der Waals surface area contributed by atoms with Crippen LogP contribution in [0.15, 0.2) is 11.6 Å². The second-order valence-electron chi connectivity index (χ2n) is 15.0. The molecule has 13 atom stereocenters. The van der Waals surface area contributed by atoms with Crippen molar-refractivity contribution < 1.29 is 34.7 Å². The smallest absolute Gasteiger partial charge is 0.186 e. The lowest BCUT2D eigenvalue weighted by Crippen LogP contribution is -2.60. The quantitative estimate of drug-likeness (QED) is 0.347. The van der Waals surface area contributed by atoms with Gasteiger partial charge in [-0.3, -0.25) is 4.79 Å². The number of hydrogen-bond donors (Lipinski definition) is 4. The van der Waals surface area contributed by atoms with Crippen molar-refractivity contribution in [3.05, 3.63) is 11.6 Å². The van der Waals surface area contributed by atoms with Crippen LogP contribution in [0.1, 0.15) is 98.8 Å². The molecule has 40 heavy (non-hydrogen) atoms. The summed E-state index contributed by atoms with van der Waals surface area (Å²) in [5.41, 5.74) is 1.37. The van der Waals surface area contributed by atoms with E-state index in [9.17, 15) is 25.2 Å². The van der Waals surface area contributed by atoms with Crippen molar-refractivity contribution in [2.75, 3.05) is 6.61 Å². The SMILES string of the molecule is CC(C)CCC[C@@H](C)[C@H]1CCC2C3C(=O)C=C4CC(O[C@H]5O[C@H](CO)[C@@H](O)[C@H](O)[C@H]5O)CC[C@]4(C)C3CC[C@@]21C. The predicted molar refractivity (Wildman–Crippen MR) is 152 cm³/mol. The van der Waals surface area contributed by atoms with E-state index >= 15 is 0 Å². The molecular formula is C33H54O7. The van der Waals surface area contributed by atoms with Crippen LogP contribution in [0.4, 0.5) is 0 Å². The topological polar surface area (TPSA) is 116 Å². The fourth-order valence-electron chi connectivity index (χ4n) is 9.88. The van der Waals surface area contributed by atoms with Crippen LogP contribution < -0.4 is 0 Å². The van der Waals surface area contributed by atoms with Gasteiger partial charge in [0, 0.05) is 5.92 Å². The van der Waals surface area contributed by atoms with Crippen LogP contribution in [0.5, 0.6) is 0 Å². The third kappa shape index (κ3) is 5.26. The van der Waals surface area contributed by atoms with Crippen molar-refractivity contribution >= 4 is 5.78 Å². The number of ketones is 1. The van der Waals surface area contributed by atoms with Gasteiger partial charge in [0.1, 0.15) is 24.4 Å². The molecule has 7 nitrogen and oxygen atoms in total. The number of hydrogen-bond acceptors (Lipinski definition) is 7. The molecule has 5 aliphatic rings. The molecule has 0 radical (unpaired) electrons. The van der Waals surface area contributed by atoms with Gasteiger partial charge in [-0.05, 0) is 91.4 Å². The first-order valence-corrected chi connectivity index (χ1v) is 16.1. The summed E-state index contributed by atoms with van der Waals surface area (Å²) in [4.78, 5) is 13.9. The first kappa shape index (κ1) is 30.6. The standard InChI is InChI=1S/C33H54O7/c1-18(2)7-6-8-19(3)22-9-10-23-27-24(12-14-33(22,23)5)32(4)13-11-21(15-20(32)16-25(27)35)39-31-30(38)29(37)28(36)26(17-34)40-31/h16,18-19,21-24,26-31,34,36-38H,6-15,17H2,1-5H3/t19-,21?,22-,23?,24?,26-,27?,28-,29+,30-,31+,32+,33-/m1/s1. The third-order valence-corrected chi connectivity index (χ3v) is 12.3. The van der Waals surface area contributed by atoms with Gasteiger partial charge < -0.3 is 29.9 Å². The molecule has 0 spiro atoms. The van der Waals surface area contributed by atoms with Gasteiger partial charge in [-0.1, -0.05) is 59.5 Å². The van der Waals surface area contributed by atoms with Gasteiger partial charge in [0.25, 0.3) is 0 Å². The van der Waals surface area contributed by atoms with Crippen LogP contribution in [0.3, 0.4) is 0 Å². The second-order valence-corrected chi connectivity index (χ2v) is 15.0. The molecular weight excluding hydrogens is 508 g/mol. The third-order valence-electron chi connectivity index (χ3n) is 12.3. The Labute approximate surface area is 240 Å². The van der Waals surface area contributed by atoms with Crippen molar-refractivity contribution in [2.24, 2.45) is 46.3 Å². The number of carbonyl (C=O) groups is 1. The van der Waals surface area contributed by atoms with Gasteiger partial charge in [-0.2, -0.15) is 0 Å². The summed E-state index contributed by atoms with van der Waals surface area (Å²) in [6.07, 6.45) is 6.21. The van der Waals surface area contributed by atoms with Crippen LogP contribution in [0, 0.1) is 46.3 Å². The molecule has 0 aromatic carbocycles. The summed E-state index contributed by atoms with van der Waals surface area (Å²) in [5.74, 6) is 3.42. The number of aliphatic hydroxyl groups is 4. The van der Waals surface area contributed by atoms with Crippen LogP contribution in [-0.4, -0.2) is 69.6 Å². The highest BCUT2D eigenvalue weighted by Crippen LogP contribution is 2.66. The van der Waals surface area contributed by atoms with Crippen molar-refractivity contribution in [2.45, 2.75) is 136 Å². The number of rotatable bonds is 8. The zero-order chi connectivity index (χ0) is 29.0. The number of fused-ring (bicyclic) bond motifs is 5. The van der Waals surface area contributed by atoms with Gasteiger partial charge in [-0.15, -0.1) is 0 Å². The highest BCUT2D eigenvalue weighted by Gasteiger charge is 2.61. The van der Waals surface area contributed by atoms with Crippen molar-refractivity contribution in [1.82, 2.24) is 0 Å². The molecule has 0 bridgehead atoms. The number of allylic oxidation sites excluding steroid dienone is 1. The molecule has 0 amide bonds. The molecule has 4 fully saturated rings. The van der Waals surface area contributed by atoms with E-state index in [-0.39, 0.29) is 22.9 Å². The fraction of sp³-hybridized carbons (Fsp3) is 0.909. The van der Waals surface area contributed by atoms with E-state index in [1.54, 1.807) is 0 Å². The summed E-state index contributed by atoms with van der Waals surface area (Å²) in [6, 6.07) is 0. The number of aliphatic hydroxyl groups excluding tert-OH is 4. The molecule has 1 heterocycles. The Bertz CT molecular complexity index is 947. The maximum Gasteiger partial charge on any atom is 0.186 e. The second kappa shape index (κ2) is 11.7. The largest absolute Gasteiger partial charge is 0.394 e. The first-order valence-electron chi connectivity index (χ1n) is 16.1. The Kier molecular flexibility index (Phi) is 8.95. The molecule has 7 heteroatoms. The van der Waals surface area contributed by atoms with Gasteiger partial charge in [0.05, 0.1) is 12.7 Å². The Balaban J connectivity index is 1.28. The molecule has 228 valence electrons. The molecule has 3 saturated carbocycles. The van der Waals surface area contributed by atoms with Gasteiger partial charge in [0.2, 0.25) is 0 Å². The van der Waals surface area contributed by atoms with E-state index in [0.29, 0.717) is 35.9 Å². The van der Waals surface area contributed by atoms with E-state index in [4.69, 9.17) is 9.47 Å². The lowest BCUT2D eigenvalue weighted by atomic mass is 9.46.